The van der Waals surface area contributed by atoms with Crippen LogP contribution in [0.4, 0.5) is 0 Å². The highest BCUT2D eigenvalue weighted by atomic mass is 16.5. The molecular formula is C19H19NO2. The number of esters is 1. The zero-order chi connectivity index (χ0) is 16.0. The fraction of sp³-hybridized carbons (Fsp3) is 0.263. The van der Waals surface area contributed by atoms with E-state index in [0.717, 1.165) is 12.0 Å². The number of ether oxygens (including phenoxy) is 1. The third-order valence-electron chi connectivity index (χ3n) is 3.77. The largest absolute Gasteiger partial charge is 0.462 e. The van der Waals surface area contributed by atoms with Crippen LogP contribution in [0.2, 0.25) is 0 Å². The minimum absolute atomic E-state index is 0.120. The van der Waals surface area contributed by atoms with Gasteiger partial charge in [0.25, 0.3) is 0 Å². The lowest BCUT2D eigenvalue weighted by Gasteiger charge is -2.25. The van der Waals surface area contributed by atoms with Crippen molar-refractivity contribution in [2.24, 2.45) is 0 Å². The summed E-state index contributed by atoms with van der Waals surface area (Å²) in [5, 5.41) is 8.83. The van der Waals surface area contributed by atoms with Crippen LogP contribution in [0.15, 0.2) is 54.6 Å². The van der Waals surface area contributed by atoms with Crippen molar-refractivity contribution >= 4 is 5.97 Å². The summed E-state index contributed by atoms with van der Waals surface area (Å²) in [7, 11) is 0. The van der Waals surface area contributed by atoms with Gasteiger partial charge in [-0.3, -0.25) is 0 Å². The summed E-state index contributed by atoms with van der Waals surface area (Å²) in [6.07, 6.45) is 0.720. The van der Waals surface area contributed by atoms with E-state index in [1.807, 2.05) is 42.5 Å². The molecule has 0 unspecified atom stereocenters. The third-order valence-corrected chi connectivity index (χ3v) is 3.77. The third kappa shape index (κ3) is 3.95. The van der Waals surface area contributed by atoms with Gasteiger partial charge in [0.1, 0.15) is 0 Å². The van der Waals surface area contributed by atoms with E-state index in [1.165, 1.54) is 0 Å². The molecule has 0 saturated carbocycles. The molecule has 0 spiro atoms. The standard InChI is InChI=1S/C19H19NO2/c1-19(2,17-10-8-15(14-20)9-11-17)12-13-22-18(21)16-6-4-3-5-7-16/h3-11H,12-13H2,1-2H3. The van der Waals surface area contributed by atoms with Gasteiger partial charge in [0.05, 0.1) is 23.8 Å². The van der Waals surface area contributed by atoms with Crippen LogP contribution in [-0.2, 0) is 10.2 Å². The second kappa shape index (κ2) is 6.91. The summed E-state index contributed by atoms with van der Waals surface area (Å²) in [4.78, 5) is 11.9. The van der Waals surface area contributed by atoms with E-state index < -0.39 is 0 Å². The molecule has 22 heavy (non-hydrogen) atoms. The molecule has 0 N–H and O–H groups in total. The lowest BCUT2D eigenvalue weighted by molar-refractivity contribution is 0.0480. The quantitative estimate of drug-likeness (QED) is 0.780. The Kier molecular flexibility index (Phi) is 4.95. The molecule has 0 aliphatic carbocycles. The van der Waals surface area contributed by atoms with Gasteiger partial charge in [-0.05, 0) is 41.7 Å². The monoisotopic (exact) mass is 293 g/mol. The second-order valence-corrected chi connectivity index (χ2v) is 5.82. The average molecular weight is 293 g/mol. The van der Waals surface area contributed by atoms with Crippen molar-refractivity contribution in [1.82, 2.24) is 0 Å². The first-order chi connectivity index (χ1) is 10.5. The molecule has 0 fully saturated rings. The molecule has 3 nitrogen and oxygen atoms in total. The highest BCUT2D eigenvalue weighted by molar-refractivity contribution is 5.89. The van der Waals surface area contributed by atoms with E-state index in [4.69, 9.17) is 10.00 Å². The van der Waals surface area contributed by atoms with Gasteiger partial charge in [-0.1, -0.05) is 44.2 Å². The Morgan fingerprint density at radius 3 is 2.32 bits per heavy atom. The smallest absolute Gasteiger partial charge is 0.338 e. The Labute approximate surface area is 131 Å². The summed E-state index contributed by atoms with van der Waals surface area (Å²) < 4.78 is 5.34. The Balaban J connectivity index is 1.92. The van der Waals surface area contributed by atoms with Gasteiger partial charge in [-0.25, -0.2) is 4.79 Å². The topological polar surface area (TPSA) is 50.1 Å². The molecule has 0 amide bonds. The van der Waals surface area contributed by atoms with Crippen molar-refractivity contribution in [2.75, 3.05) is 6.61 Å². The number of carbonyl (C=O) groups is 1. The van der Waals surface area contributed by atoms with Crippen molar-refractivity contribution < 1.29 is 9.53 Å². The maximum Gasteiger partial charge on any atom is 0.338 e. The van der Waals surface area contributed by atoms with Crippen LogP contribution in [0.3, 0.4) is 0 Å². The van der Waals surface area contributed by atoms with E-state index in [0.29, 0.717) is 17.7 Å². The first kappa shape index (κ1) is 15.8. The normalized spacial score (nSPS) is 10.8. The second-order valence-electron chi connectivity index (χ2n) is 5.82. The summed E-state index contributed by atoms with van der Waals surface area (Å²) in [5.74, 6) is -0.295. The summed E-state index contributed by atoms with van der Waals surface area (Å²) in [6.45, 7) is 4.57. The Morgan fingerprint density at radius 2 is 1.73 bits per heavy atom. The lowest BCUT2D eigenvalue weighted by atomic mass is 9.81. The molecule has 112 valence electrons. The number of carbonyl (C=O) groups excluding carboxylic acids is 1. The van der Waals surface area contributed by atoms with Gasteiger partial charge in [-0.2, -0.15) is 5.26 Å². The fourth-order valence-corrected chi connectivity index (χ4v) is 2.20. The molecule has 0 atom stereocenters. The van der Waals surface area contributed by atoms with Crippen molar-refractivity contribution in [2.45, 2.75) is 25.7 Å². The Hall–Kier alpha value is -2.60. The maximum atomic E-state index is 11.9. The first-order valence-electron chi connectivity index (χ1n) is 7.26. The van der Waals surface area contributed by atoms with Crippen LogP contribution in [0.25, 0.3) is 0 Å². The Morgan fingerprint density at radius 1 is 1.09 bits per heavy atom. The summed E-state index contributed by atoms with van der Waals surface area (Å²) >= 11 is 0. The van der Waals surface area contributed by atoms with Crippen LogP contribution in [0, 0.1) is 11.3 Å². The van der Waals surface area contributed by atoms with Crippen LogP contribution >= 0.6 is 0 Å². The van der Waals surface area contributed by atoms with E-state index >= 15 is 0 Å². The molecule has 2 aromatic rings. The average Bonchev–Trinajstić information content (AvgIpc) is 2.55. The van der Waals surface area contributed by atoms with Crippen LogP contribution in [0.1, 0.15) is 41.8 Å². The van der Waals surface area contributed by atoms with Crippen LogP contribution in [0.5, 0.6) is 0 Å². The number of nitriles is 1. The van der Waals surface area contributed by atoms with Gasteiger partial charge in [0.2, 0.25) is 0 Å². The SMILES string of the molecule is CC(C)(CCOC(=O)c1ccccc1)c1ccc(C#N)cc1. The molecule has 2 aromatic carbocycles. The predicted octanol–water partition coefficient (Wildman–Crippen LogP) is 4.08. The number of benzene rings is 2. The lowest BCUT2D eigenvalue weighted by Crippen LogP contribution is -2.21. The molecule has 0 aromatic heterocycles. The van der Waals surface area contributed by atoms with Crippen molar-refractivity contribution in [3.8, 4) is 6.07 Å². The first-order valence-corrected chi connectivity index (χ1v) is 7.26. The van der Waals surface area contributed by atoms with Gasteiger partial charge >= 0.3 is 5.97 Å². The van der Waals surface area contributed by atoms with E-state index in [2.05, 4.69) is 19.9 Å². The van der Waals surface area contributed by atoms with Crippen LogP contribution in [-0.4, -0.2) is 12.6 Å². The van der Waals surface area contributed by atoms with Crippen LogP contribution < -0.4 is 0 Å². The Bertz CT molecular complexity index is 667. The fourth-order valence-electron chi connectivity index (χ4n) is 2.20. The molecule has 3 heteroatoms. The molecular weight excluding hydrogens is 274 g/mol. The van der Waals surface area contributed by atoms with Crippen molar-refractivity contribution in [1.29, 1.82) is 5.26 Å². The maximum absolute atomic E-state index is 11.9. The van der Waals surface area contributed by atoms with Gasteiger partial charge in [0, 0.05) is 0 Å². The molecule has 0 saturated heterocycles. The van der Waals surface area contributed by atoms with E-state index in [1.54, 1.807) is 12.1 Å². The molecule has 0 aliphatic rings. The molecule has 0 radical (unpaired) electrons. The van der Waals surface area contributed by atoms with Crippen molar-refractivity contribution in [3.63, 3.8) is 0 Å². The van der Waals surface area contributed by atoms with Crippen molar-refractivity contribution in [3.05, 3.63) is 71.3 Å². The number of hydrogen-bond donors (Lipinski definition) is 0. The van der Waals surface area contributed by atoms with E-state index in [-0.39, 0.29) is 11.4 Å². The highest BCUT2D eigenvalue weighted by Crippen LogP contribution is 2.27. The summed E-state index contributed by atoms with van der Waals surface area (Å²) in [6, 6.07) is 18.6. The van der Waals surface area contributed by atoms with Gasteiger partial charge < -0.3 is 4.74 Å². The zero-order valence-electron chi connectivity index (χ0n) is 12.9. The molecule has 0 aliphatic heterocycles. The number of hydrogen-bond acceptors (Lipinski definition) is 3. The van der Waals surface area contributed by atoms with Gasteiger partial charge in [-0.15, -0.1) is 0 Å². The molecule has 0 heterocycles. The molecule has 0 bridgehead atoms. The molecule has 2 rings (SSSR count). The predicted molar refractivity (Wildman–Crippen MR) is 85.5 cm³/mol. The minimum Gasteiger partial charge on any atom is -0.462 e. The zero-order valence-corrected chi connectivity index (χ0v) is 12.9. The summed E-state index contributed by atoms with van der Waals surface area (Å²) in [5.41, 5.74) is 2.22. The minimum atomic E-state index is -0.295. The van der Waals surface area contributed by atoms with Gasteiger partial charge in [0.15, 0.2) is 0 Å². The number of rotatable bonds is 5. The number of nitrogens with zero attached hydrogens (tertiary/aromatic N) is 1. The van der Waals surface area contributed by atoms with E-state index in [9.17, 15) is 4.79 Å². The highest BCUT2D eigenvalue weighted by Gasteiger charge is 2.21.